The molecule has 1 aliphatic heterocycles. The van der Waals surface area contributed by atoms with Crippen molar-refractivity contribution in [3.05, 3.63) is 23.4 Å². The van der Waals surface area contributed by atoms with E-state index < -0.39 is 0 Å². The molecule has 3 nitrogen and oxygen atoms in total. The maximum absolute atomic E-state index is 5.80. The van der Waals surface area contributed by atoms with Crippen molar-refractivity contribution >= 4 is 17.4 Å². The van der Waals surface area contributed by atoms with Crippen molar-refractivity contribution in [2.45, 2.75) is 12.8 Å². The average Bonchev–Trinajstić information content (AvgIpc) is 2.68. The van der Waals surface area contributed by atoms with E-state index >= 15 is 0 Å². The second-order valence-electron chi connectivity index (χ2n) is 4.01. The Balaban J connectivity index is 1.98. The Kier molecular flexibility index (Phi) is 3.44. The van der Waals surface area contributed by atoms with Crippen LogP contribution in [0.1, 0.15) is 12.8 Å². The highest BCUT2D eigenvalue weighted by Crippen LogP contribution is 2.24. The average molecular weight is 226 g/mol. The molecule has 2 N–H and O–H groups in total. The van der Waals surface area contributed by atoms with Gasteiger partial charge in [0.15, 0.2) is 0 Å². The van der Waals surface area contributed by atoms with Gasteiger partial charge in [0.25, 0.3) is 0 Å². The van der Waals surface area contributed by atoms with E-state index in [-0.39, 0.29) is 0 Å². The standard InChI is InChI=1S/C11H16ClN3/c12-10-1-2-11(14-7-10)15-6-4-9(8-15)3-5-13/h1-2,7,9H,3-6,8,13H2. The Morgan fingerprint density at radius 3 is 3.07 bits per heavy atom. The van der Waals surface area contributed by atoms with Crippen molar-refractivity contribution in [1.82, 2.24) is 4.98 Å². The number of hydrogen-bond donors (Lipinski definition) is 1. The van der Waals surface area contributed by atoms with Gasteiger partial charge in [0.05, 0.1) is 5.02 Å². The lowest BCUT2D eigenvalue weighted by atomic mass is 10.1. The molecule has 0 spiro atoms. The van der Waals surface area contributed by atoms with Crippen LogP contribution in [0.25, 0.3) is 0 Å². The number of hydrogen-bond acceptors (Lipinski definition) is 3. The fourth-order valence-electron chi connectivity index (χ4n) is 2.07. The minimum atomic E-state index is 0.691. The second kappa shape index (κ2) is 4.81. The normalized spacial score (nSPS) is 20.9. The second-order valence-corrected chi connectivity index (χ2v) is 4.45. The van der Waals surface area contributed by atoms with Crippen LogP contribution in [-0.2, 0) is 0 Å². The molecule has 1 aliphatic rings. The number of aromatic nitrogens is 1. The Labute approximate surface area is 95.2 Å². The van der Waals surface area contributed by atoms with Crippen LogP contribution in [-0.4, -0.2) is 24.6 Å². The first-order valence-corrected chi connectivity index (χ1v) is 5.74. The zero-order chi connectivity index (χ0) is 10.7. The van der Waals surface area contributed by atoms with E-state index in [0.717, 1.165) is 37.8 Å². The maximum atomic E-state index is 5.80. The molecule has 0 saturated carbocycles. The van der Waals surface area contributed by atoms with E-state index in [0.29, 0.717) is 5.02 Å². The SMILES string of the molecule is NCCC1CCN(c2ccc(Cl)cn2)C1. The zero-order valence-electron chi connectivity index (χ0n) is 8.69. The third-order valence-electron chi connectivity index (χ3n) is 2.90. The van der Waals surface area contributed by atoms with Gasteiger partial charge in [0.2, 0.25) is 0 Å². The summed E-state index contributed by atoms with van der Waals surface area (Å²) in [7, 11) is 0. The molecule has 1 aromatic rings. The summed E-state index contributed by atoms with van der Waals surface area (Å²) in [6.45, 7) is 2.94. The molecule has 1 saturated heterocycles. The smallest absolute Gasteiger partial charge is 0.128 e. The Morgan fingerprint density at radius 2 is 2.40 bits per heavy atom. The van der Waals surface area contributed by atoms with Gasteiger partial charge in [-0.05, 0) is 37.4 Å². The number of nitrogens with zero attached hydrogens (tertiary/aromatic N) is 2. The molecule has 4 heteroatoms. The summed E-state index contributed by atoms with van der Waals surface area (Å²) < 4.78 is 0. The van der Waals surface area contributed by atoms with Crippen molar-refractivity contribution in [2.24, 2.45) is 11.7 Å². The molecule has 1 aromatic heterocycles. The topological polar surface area (TPSA) is 42.1 Å². The largest absolute Gasteiger partial charge is 0.356 e. The molecule has 0 bridgehead atoms. The highest BCUT2D eigenvalue weighted by atomic mass is 35.5. The van der Waals surface area contributed by atoms with Crippen LogP contribution < -0.4 is 10.6 Å². The molecule has 0 amide bonds. The van der Waals surface area contributed by atoms with Gasteiger partial charge in [0.1, 0.15) is 5.82 Å². The fraction of sp³-hybridized carbons (Fsp3) is 0.545. The Hall–Kier alpha value is -0.800. The lowest BCUT2D eigenvalue weighted by molar-refractivity contribution is 0.546. The molecular weight excluding hydrogens is 210 g/mol. The monoisotopic (exact) mass is 225 g/mol. The van der Waals surface area contributed by atoms with E-state index in [2.05, 4.69) is 9.88 Å². The molecule has 0 radical (unpaired) electrons. The van der Waals surface area contributed by atoms with Crippen molar-refractivity contribution in [1.29, 1.82) is 0 Å². The summed E-state index contributed by atoms with van der Waals surface area (Å²) in [6.07, 6.45) is 4.04. The van der Waals surface area contributed by atoms with Gasteiger partial charge < -0.3 is 10.6 Å². The van der Waals surface area contributed by atoms with E-state index in [9.17, 15) is 0 Å². The van der Waals surface area contributed by atoms with Crippen molar-refractivity contribution in [2.75, 3.05) is 24.5 Å². The van der Waals surface area contributed by atoms with Gasteiger partial charge in [-0.25, -0.2) is 4.98 Å². The Morgan fingerprint density at radius 1 is 1.53 bits per heavy atom. The minimum absolute atomic E-state index is 0.691. The first kappa shape index (κ1) is 10.7. The van der Waals surface area contributed by atoms with Gasteiger partial charge >= 0.3 is 0 Å². The summed E-state index contributed by atoms with van der Waals surface area (Å²) in [5.74, 6) is 1.76. The number of anilines is 1. The van der Waals surface area contributed by atoms with Crippen LogP contribution in [0, 0.1) is 5.92 Å². The van der Waals surface area contributed by atoms with E-state index in [4.69, 9.17) is 17.3 Å². The molecule has 1 fully saturated rings. The molecule has 1 unspecified atom stereocenters. The highest BCUT2D eigenvalue weighted by molar-refractivity contribution is 6.30. The molecule has 0 aromatic carbocycles. The molecule has 1 atom stereocenters. The first-order chi connectivity index (χ1) is 7.29. The van der Waals surface area contributed by atoms with Gasteiger partial charge in [-0.2, -0.15) is 0 Å². The lowest BCUT2D eigenvalue weighted by Crippen LogP contribution is -2.21. The van der Waals surface area contributed by atoms with Crippen molar-refractivity contribution in [3.63, 3.8) is 0 Å². The van der Waals surface area contributed by atoms with Crippen molar-refractivity contribution < 1.29 is 0 Å². The van der Waals surface area contributed by atoms with Crippen LogP contribution in [0.5, 0.6) is 0 Å². The highest BCUT2D eigenvalue weighted by Gasteiger charge is 2.22. The third-order valence-corrected chi connectivity index (χ3v) is 3.12. The summed E-state index contributed by atoms with van der Waals surface area (Å²) in [6, 6.07) is 3.87. The van der Waals surface area contributed by atoms with Crippen LogP contribution in [0.4, 0.5) is 5.82 Å². The maximum Gasteiger partial charge on any atom is 0.128 e. The molecule has 2 rings (SSSR count). The molecule has 82 valence electrons. The van der Waals surface area contributed by atoms with E-state index in [1.807, 2.05) is 12.1 Å². The zero-order valence-corrected chi connectivity index (χ0v) is 9.45. The first-order valence-electron chi connectivity index (χ1n) is 5.36. The summed E-state index contributed by atoms with van der Waals surface area (Å²) >= 11 is 5.80. The lowest BCUT2D eigenvalue weighted by Gasteiger charge is -2.17. The van der Waals surface area contributed by atoms with Crippen LogP contribution in [0.3, 0.4) is 0 Å². The van der Waals surface area contributed by atoms with Crippen LogP contribution in [0.2, 0.25) is 5.02 Å². The van der Waals surface area contributed by atoms with E-state index in [1.165, 1.54) is 6.42 Å². The number of rotatable bonds is 3. The number of nitrogens with two attached hydrogens (primary N) is 1. The fourth-order valence-corrected chi connectivity index (χ4v) is 2.18. The molecule has 2 heterocycles. The van der Waals surface area contributed by atoms with Gasteiger partial charge in [-0.1, -0.05) is 11.6 Å². The minimum Gasteiger partial charge on any atom is -0.356 e. The molecule has 15 heavy (non-hydrogen) atoms. The third kappa shape index (κ3) is 2.61. The van der Waals surface area contributed by atoms with Crippen LogP contribution in [0.15, 0.2) is 18.3 Å². The van der Waals surface area contributed by atoms with Gasteiger partial charge in [-0.15, -0.1) is 0 Å². The molecule has 0 aliphatic carbocycles. The summed E-state index contributed by atoms with van der Waals surface area (Å²) in [4.78, 5) is 6.62. The van der Waals surface area contributed by atoms with Gasteiger partial charge in [0, 0.05) is 19.3 Å². The predicted octanol–water partition coefficient (Wildman–Crippen LogP) is 1.91. The van der Waals surface area contributed by atoms with Crippen molar-refractivity contribution in [3.8, 4) is 0 Å². The van der Waals surface area contributed by atoms with Gasteiger partial charge in [-0.3, -0.25) is 0 Å². The van der Waals surface area contributed by atoms with Crippen LogP contribution >= 0.6 is 11.6 Å². The van der Waals surface area contributed by atoms with E-state index in [1.54, 1.807) is 6.20 Å². The number of pyridine rings is 1. The number of halogens is 1. The summed E-state index contributed by atoms with van der Waals surface area (Å²) in [5, 5.41) is 0.691. The molecular formula is C11H16ClN3. The summed E-state index contributed by atoms with van der Waals surface area (Å²) in [5.41, 5.74) is 5.56. The Bertz CT molecular complexity index is 312. The quantitative estimate of drug-likeness (QED) is 0.855. The predicted molar refractivity (Wildman–Crippen MR) is 63.2 cm³/mol.